The van der Waals surface area contributed by atoms with E-state index in [4.69, 9.17) is 9.47 Å². The predicted molar refractivity (Wildman–Crippen MR) is 80.0 cm³/mol. The van der Waals surface area contributed by atoms with E-state index >= 15 is 0 Å². The summed E-state index contributed by atoms with van der Waals surface area (Å²) in [6, 6.07) is 0.105. The van der Waals surface area contributed by atoms with Crippen LogP contribution < -0.4 is 10.6 Å². The van der Waals surface area contributed by atoms with Gasteiger partial charge in [-0.3, -0.25) is 4.79 Å². The third-order valence-corrected chi connectivity index (χ3v) is 3.35. The maximum atomic E-state index is 11.7. The monoisotopic (exact) mass is 300 g/mol. The largest absolute Gasteiger partial charge is 0.444 e. The fraction of sp³-hybridized carbons (Fsp3) is 0.867. The van der Waals surface area contributed by atoms with Gasteiger partial charge in [0, 0.05) is 19.2 Å². The Morgan fingerprint density at radius 3 is 2.57 bits per heavy atom. The van der Waals surface area contributed by atoms with Gasteiger partial charge in [-0.05, 0) is 46.5 Å². The zero-order valence-electron chi connectivity index (χ0n) is 13.5. The SMILES string of the molecule is CCOCC(=O)N[C@H]1CCC[C@H]1CNC(=O)OC(C)(C)C. The number of hydrogen-bond acceptors (Lipinski definition) is 4. The van der Waals surface area contributed by atoms with Gasteiger partial charge in [-0.1, -0.05) is 6.42 Å². The number of carbonyl (C=O) groups excluding carboxylic acids is 2. The van der Waals surface area contributed by atoms with Crippen molar-refractivity contribution in [2.24, 2.45) is 5.92 Å². The molecule has 0 heterocycles. The summed E-state index contributed by atoms with van der Waals surface area (Å²) in [5, 5.41) is 5.76. The van der Waals surface area contributed by atoms with E-state index in [9.17, 15) is 9.59 Å². The average Bonchev–Trinajstić information content (AvgIpc) is 2.79. The van der Waals surface area contributed by atoms with Crippen molar-refractivity contribution in [1.82, 2.24) is 10.6 Å². The highest BCUT2D eigenvalue weighted by Crippen LogP contribution is 2.25. The van der Waals surface area contributed by atoms with Gasteiger partial charge in [0.25, 0.3) is 0 Å². The highest BCUT2D eigenvalue weighted by molar-refractivity contribution is 5.77. The van der Waals surface area contributed by atoms with Crippen LogP contribution in [0.2, 0.25) is 0 Å². The van der Waals surface area contributed by atoms with Crippen LogP contribution in [0.3, 0.4) is 0 Å². The summed E-state index contributed by atoms with van der Waals surface area (Å²) in [6.07, 6.45) is 2.59. The number of alkyl carbamates (subject to hydrolysis) is 1. The zero-order chi connectivity index (χ0) is 15.9. The molecule has 0 aromatic heterocycles. The lowest BCUT2D eigenvalue weighted by molar-refractivity contribution is -0.126. The number of hydrogen-bond donors (Lipinski definition) is 2. The summed E-state index contributed by atoms with van der Waals surface area (Å²) in [4.78, 5) is 23.3. The molecule has 0 aliphatic heterocycles. The Bertz CT molecular complexity index is 352. The van der Waals surface area contributed by atoms with Gasteiger partial charge < -0.3 is 20.1 Å². The molecular weight excluding hydrogens is 272 g/mol. The molecule has 0 radical (unpaired) electrons. The molecule has 0 unspecified atom stereocenters. The lowest BCUT2D eigenvalue weighted by atomic mass is 10.0. The third-order valence-electron chi connectivity index (χ3n) is 3.35. The van der Waals surface area contributed by atoms with Crippen molar-refractivity contribution in [3.63, 3.8) is 0 Å². The summed E-state index contributed by atoms with van der Waals surface area (Å²) in [7, 11) is 0. The quantitative estimate of drug-likeness (QED) is 0.784. The molecule has 6 heteroatoms. The number of rotatable bonds is 6. The standard InChI is InChI=1S/C15H28N2O4/c1-5-20-10-13(18)17-12-8-6-7-11(12)9-16-14(19)21-15(2,3)4/h11-12H,5-10H2,1-4H3,(H,16,19)(H,17,18)/t11-,12-/m0/s1. The van der Waals surface area contributed by atoms with Crippen LogP contribution in [0.15, 0.2) is 0 Å². The van der Waals surface area contributed by atoms with Crippen molar-refractivity contribution in [3.05, 3.63) is 0 Å². The molecule has 0 aromatic rings. The molecule has 21 heavy (non-hydrogen) atoms. The highest BCUT2D eigenvalue weighted by Gasteiger charge is 2.29. The molecule has 1 fully saturated rings. The van der Waals surface area contributed by atoms with Crippen molar-refractivity contribution >= 4 is 12.0 Å². The van der Waals surface area contributed by atoms with Gasteiger partial charge in [0.15, 0.2) is 0 Å². The Balaban J connectivity index is 2.33. The second kappa shape index (κ2) is 8.22. The van der Waals surface area contributed by atoms with Gasteiger partial charge >= 0.3 is 6.09 Å². The molecule has 0 bridgehead atoms. The first-order valence-electron chi connectivity index (χ1n) is 7.65. The Hall–Kier alpha value is -1.30. The van der Waals surface area contributed by atoms with E-state index < -0.39 is 11.7 Å². The molecule has 2 amide bonds. The van der Waals surface area contributed by atoms with Gasteiger partial charge in [-0.2, -0.15) is 0 Å². The molecule has 1 aliphatic rings. The average molecular weight is 300 g/mol. The Morgan fingerprint density at radius 2 is 1.95 bits per heavy atom. The van der Waals surface area contributed by atoms with E-state index in [-0.39, 0.29) is 24.5 Å². The van der Waals surface area contributed by atoms with Crippen LogP contribution in [0.4, 0.5) is 4.79 Å². The molecule has 1 saturated carbocycles. The minimum Gasteiger partial charge on any atom is -0.444 e. The zero-order valence-corrected chi connectivity index (χ0v) is 13.5. The summed E-state index contributed by atoms with van der Waals surface area (Å²) >= 11 is 0. The lowest BCUT2D eigenvalue weighted by Crippen LogP contribution is -2.44. The Labute approximate surface area is 126 Å². The summed E-state index contributed by atoms with van der Waals surface area (Å²) in [5.41, 5.74) is -0.495. The molecule has 0 saturated heterocycles. The normalized spacial score (nSPS) is 21.9. The maximum absolute atomic E-state index is 11.7. The van der Waals surface area contributed by atoms with E-state index in [1.807, 2.05) is 27.7 Å². The molecule has 0 spiro atoms. The number of carbonyl (C=O) groups is 2. The molecule has 1 aliphatic carbocycles. The van der Waals surface area contributed by atoms with Crippen molar-refractivity contribution in [2.75, 3.05) is 19.8 Å². The lowest BCUT2D eigenvalue weighted by Gasteiger charge is -2.23. The van der Waals surface area contributed by atoms with Crippen molar-refractivity contribution in [1.29, 1.82) is 0 Å². The van der Waals surface area contributed by atoms with Gasteiger partial charge in [-0.15, -0.1) is 0 Å². The number of nitrogens with one attached hydrogen (secondary N) is 2. The van der Waals surface area contributed by atoms with Crippen LogP contribution in [0.25, 0.3) is 0 Å². The van der Waals surface area contributed by atoms with Gasteiger partial charge in [0.1, 0.15) is 12.2 Å². The molecule has 6 nitrogen and oxygen atoms in total. The fourth-order valence-electron chi connectivity index (χ4n) is 2.44. The summed E-state index contributed by atoms with van der Waals surface area (Å²) < 4.78 is 10.3. The molecule has 2 N–H and O–H groups in total. The maximum Gasteiger partial charge on any atom is 0.407 e. The molecule has 2 atom stereocenters. The first-order valence-corrected chi connectivity index (χ1v) is 7.65. The van der Waals surface area contributed by atoms with E-state index in [2.05, 4.69) is 10.6 Å². The highest BCUT2D eigenvalue weighted by atomic mass is 16.6. The third kappa shape index (κ3) is 7.32. The van der Waals surface area contributed by atoms with Crippen LogP contribution in [0, 0.1) is 5.92 Å². The van der Waals surface area contributed by atoms with Gasteiger partial charge in [0.05, 0.1) is 0 Å². The van der Waals surface area contributed by atoms with Crippen molar-refractivity contribution in [2.45, 2.75) is 58.6 Å². The first kappa shape index (κ1) is 17.8. The topological polar surface area (TPSA) is 76.7 Å². The van der Waals surface area contributed by atoms with Crippen molar-refractivity contribution in [3.8, 4) is 0 Å². The van der Waals surface area contributed by atoms with Crippen LogP contribution >= 0.6 is 0 Å². The molecule has 1 rings (SSSR count). The first-order chi connectivity index (χ1) is 9.81. The molecule has 122 valence electrons. The smallest absolute Gasteiger partial charge is 0.407 e. The minimum atomic E-state index is -0.495. The van der Waals surface area contributed by atoms with Crippen LogP contribution in [0.5, 0.6) is 0 Å². The van der Waals surface area contributed by atoms with Crippen molar-refractivity contribution < 1.29 is 19.1 Å². The Kier molecular flexibility index (Phi) is 6.95. The van der Waals surface area contributed by atoms with Crippen LogP contribution in [-0.4, -0.2) is 43.4 Å². The molecular formula is C15H28N2O4. The fourth-order valence-corrected chi connectivity index (χ4v) is 2.44. The van der Waals surface area contributed by atoms with E-state index in [1.165, 1.54) is 0 Å². The second-order valence-corrected chi connectivity index (χ2v) is 6.38. The second-order valence-electron chi connectivity index (χ2n) is 6.38. The van der Waals surface area contributed by atoms with Gasteiger partial charge in [0.2, 0.25) is 5.91 Å². The van der Waals surface area contributed by atoms with E-state index in [0.29, 0.717) is 13.2 Å². The van der Waals surface area contributed by atoms with Gasteiger partial charge in [-0.25, -0.2) is 4.79 Å². The van der Waals surface area contributed by atoms with Crippen LogP contribution in [-0.2, 0) is 14.3 Å². The Morgan fingerprint density at radius 1 is 1.24 bits per heavy atom. The molecule has 0 aromatic carbocycles. The van der Waals surface area contributed by atoms with Crippen LogP contribution in [0.1, 0.15) is 47.0 Å². The minimum absolute atomic E-state index is 0.0916. The summed E-state index contributed by atoms with van der Waals surface area (Å²) in [6.45, 7) is 8.50. The van der Waals surface area contributed by atoms with E-state index in [0.717, 1.165) is 19.3 Å². The predicted octanol–water partition coefficient (Wildman–Crippen LogP) is 1.83. The number of ether oxygens (including phenoxy) is 2. The van der Waals surface area contributed by atoms with E-state index in [1.54, 1.807) is 0 Å². The summed E-state index contributed by atoms with van der Waals surface area (Å²) in [5.74, 6) is 0.161. The number of amides is 2.